The van der Waals surface area contributed by atoms with Gasteiger partial charge in [0.15, 0.2) is 0 Å². The van der Waals surface area contributed by atoms with Crippen molar-refractivity contribution >= 4 is 28.7 Å². The van der Waals surface area contributed by atoms with Gasteiger partial charge in [0.05, 0.1) is 0 Å². The van der Waals surface area contributed by atoms with Crippen LogP contribution in [0.2, 0.25) is 0 Å². The monoisotopic (exact) mass is 363 g/mol. The van der Waals surface area contributed by atoms with Gasteiger partial charge >= 0.3 is 0 Å². The van der Waals surface area contributed by atoms with Crippen molar-refractivity contribution in [3.8, 4) is 5.75 Å². The summed E-state index contributed by atoms with van der Waals surface area (Å²) >= 11 is 1.76. The number of oxime groups is 1. The first-order valence-corrected chi connectivity index (χ1v) is 9.65. The molecule has 0 bridgehead atoms. The Kier molecular flexibility index (Phi) is 4.76. The lowest BCUT2D eigenvalue weighted by Crippen LogP contribution is -2.03. The Bertz CT molecular complexity index is 947. The zero-order valence-electron chi connectivity index (χ0n) is 15.0. The SMILES string of the molecule is CO/N=C1/C2=C(C=CCC2)c2ccc(OC/C=C/c3ccsc3C)cc21. The lowest BCUT2D eigenvalue weighted by atomic mass is 9.97. The summed E-state index contributed by atoms with van der Waals surface area (Å²) in [6.07, 6.45) is 10.6. The number of aryl methyl sites for hydroxylation is 1. The van der Waals surface area contributed by atoms with Crippen molar-refractivity contribution in [1.29, 1.82) is 0 Å². The molecule has 0 saturated heterocycles. The first-order chi connectivity index (χ1) is 12.8. The van der Waals surface area contributed by atoms with Crippen LogP contribution < -0.4 is 4.74 Å². The molecule has 2 aliphatic carbocycles. The third kappa shape index (κ3) is 3.13. The number of thiophene rings is 1. The van der Waals surface area contributed by atoms with E-state index in [9.17, 15) is 0 Å². The Morgan fingerprint density at radius 1 is 1.23 bits per heavy atom. The number of hydrogen-bond donors (Lipinski definition) is 0. The number of allylic oxidation sites excluding steroid dienone is 4. The molecule has 0 aliphatic heterocycles. The molecule has 0 N–H and O–H groups in total. The van der Waals surface area contributed by atoms with Crippen molar-refractivity contribution in [3.05, 3.63) is 75.0 Å². The van der Waals surface area contributed by atoms with Crippen LogP contribution in [0.25, 0.3) is 11.6 Å². The molecule has 2 aliphatic rings. The molecule has 4 heteroatoms. The molecule has 26 heavy (non-hydrogen) atoms. The van der Waals surface area contributed by atoms with Gasteiger partial charge in [-0.25, -0.2) is 0 Å². The van der Waals surface area contributed by atoms with Gasteiger partial charge in [0, 0.05) is 10.4 Å². The van der Waals surface area contributed by atoms with Crippen molar-refractivity contribution in [2.45, 2.75) is 19.8 Å². The van der Waals surface area contributed by atoms with E-state index in [4.69, 9.17) is 9.57 Å². The molecule has 0 radical (unpaired) electrons. The molecule has 132 valence electrons. The van der Waals surface area contributed by atoms with E-state index in [0.717, 1.165) is 29.9 Å². The van der Waals surface area contributed by atoms with Gasteiger partial charge in [-0.2, -0.15) is 0 Å². The van der Waals surface area contributed by atoms with E-state index in [2.05, 4.69) is 60.0 Å². The molecule has 0 spiro atoms. The molecule has 0 fully saturated rings. The molecular formula is C22H21NO2S. The predicted molar refractivity (Wildman–Crippen MR) is 109 cm³/mol. The second-order valence-electron chi connectivity index (χ2n) is 6.31. The van der Waals surface area contributed by atoms with Crippen molar-refractivity contribution in [2.75, 3.05) is 13.7 Å². The fourth-order valence-electron chi connectivity index (χ4n) is 3.45. The second-order valence-corrected chi connectivity index (χ2v) is 7.43. The molecule has 0 saturated carbocycles. The third-order valence-corrected chi connectivity index (χ3v) is 5.58. The van der Waals surface area contributed by atoms with Crippen LogP contribution in [-0.4, -0.2) is 19.4 Å². The smallest absolute Gasteiger partial charge is 0.120 e. The first kappa shape index (κ1) is 16.9. The van der Waals surface area contributed by atoms with Crippen LogP contribution in [0.4, 0.5) is 0 Å². The second kappa shape index (κ2) is 7.34. The van der Waals surface area contributed by atoms with Crippen molar-refractivity contribution in [3.63, 3.8) is 0 Å². The van der Waals surface area contributed by atoms with Crippen LogP contribution in [0.3, 0.4) is 0 Å². The molecule has 1 aromatic heterocycles. The number of ether oxygens (including phenoxy) is 1. The topological polar surface area (TPSA) is 30.8 Å². The van der Waals surface area contributed by atoms with Gasteiger partial charge < -0.3 is 9.57 Å². The van der Waals surface area contributed by atoms with Gasteiger partial charge in [0.2, 0.25) is 0 Å². The minimum atomic E-state index is 0.540. The zero-order chi connectivity index (χ0) is 17.9. The average Bonchev–Trinajstić information content (AvgIpc) is 3.21. The molecule has 4 rings (SSSR count). The molecular weight excluding hydrogens is 342 g/mol. The molecule has 1 aromatic carbocycles. The standard InChI is InChI=1S/C22H21NO2S/c1-15-16(11-13-26-15)6-5-12-25-17-9-10-19-18-7-3-4-8-20(18)22(23-24-2)21(19)14-17/h3,5-7,9-11,13-14H,4,8,12H2,1-2H3/b6-5+,23-22-. The summed E-state index contributed by atoms with van der Waals surface area (Å²) in [5.74, 6) is 0.850. The number of fused-ring (bicyclic) bond motifs is 2. The summed E-state index contributed by atoms with van der Waals surface area (Å²) in [4.78, 5) is 6.42. The fraction of sp³-hybridized carbons (Fsp3) is 0.227. The highest BCUT2D eigenvalue weighted by molar-refractivity contribution is 7.10. The van der Waals surface area contributed by atoms with E-state index in [0.29, 0.717) is 6.61 Å². The van der Waals surface area contributed by atoms with Crippen LogP contribution in [0.1, 0.15) is 34.4 Å². The van der Waals surface area contributed by atoms with Crippen LogP contribution in [0.15, 0.2) is 58.6 Å². The maximum absolute atomic E-state index is 5.93. The van der Waals surface area contributed by atoms with Gasteiger partial charge in [-0.05, 0) is 71.7 Å². The van der Waals surface area contributed by atoms with E-state index >= 15 is 0 Å². The summed E-state index contributed by atoms with van der Waals surface area (Å²) in [5.41, 5.74) is 7.04. The summed E-state index contributed by atoms with van der Waals surface area (Å²) in [6.45, 7) is 2.67. The Morgan fingerprint density at radius 2 is 2.15 bits per heavy atom. The van der Waals surface area contributed by atoms with Crippen molar-refractivity contribution in [2.24, 2.45) is 5.16 Å². The highest BCUT2D eigenvalue weighted by atomic mass is 32.1. The van der Waals surface area contributed by atoms with Crippen molar-refractivity contribution in [1.82, 2.24) is 0 Å². The van der Waals surface area contributed by atoms with E-state index in [-0.39, 0.29) is 0 Å². The average molecular weight is 363 g/mol. The molecule has 2 aromatic rings. The quantitative estimate of drug-likeness (QED) is 0.646. The van der Waals surface area contributed by atoms with Crippen LogP contribution in [0.5, 0.6) is 5.75 Å². The highest BCUT2D eigenvalue weighted by Gasteiger charge is 2.28. The third-order valence-electron chi connectivity index (χ3n) is 4.72. The lowest BCUT2D eigenvalue weighted by Gasteiger charge is -2.08. The van der Waals surface area contributed by atoms with Crippen LogP contribution >= 0.6 is 11.3 Å². The maximum Gasteiger partial charge on any atom is 0.120 e. The van der Waals surface area contributed by atoms with Crippen molar-refractivity contribution < 1.29 is 9.57 Å². The summed E-state index contributed by atoms with van der Waals surface area (Å²) < 4.78 is 5.93. The minimum absolute atomic E-state index is 0.540. The molecule has 0 atom stereocenters. The molecule has 0 amide bonds. The van der Waals surface area contributed by atoms with Gasteiger partial charge in [-0.3, -0.25) is 0 Å². The van der Waals surface area contributed by atoms with Gasteiger partial charge in [0.1, 0.15) is 25.2 Å². The van der Waals surface area contributed by atoms with Crippen LogP contribution in [0, 0.1) is 6.92 Å². The number of rotatable bonds is 5. The molecule has 1 heterocycles. The summed E-state index contributed by atoms with van der Waals surface area (Å²) in [7, 11) is 1.60. The Hall–Kier alpha value is -2.59. The largest absolute Gasteiger partial charge is 0.490 e. The number of hydrogen-bond acceptors (Lipinski definition) is 4. The lowest BCUT2D eigenvalue weighted by molar-refractivity contribution is 0.214. The minimum Gasteiger partial charge on any atom is -0.490 e. The fourth-order valence-corrected chi connectivity index (χ4v) is 4.14. The van der Waals surface area contributed by atoms with Crippen LogP contribution in [-0.2, 0) is 4.84 Å². The van der Waals surface area contributed by atoms with E-state index in [1.165, 1.54) is 27.2 Å². The van der Waals surface area contributed by atoms with Gasteiger partial charge in [-0.1, -0.05) is 29.5 Å². The molecule has 0 unspecified atom stereocenters. The highest BCUT2D eigenvalue weighted by Crippen LogP contribution is 2.40. The number of nitrogens with zero attached hydrogens (tertiary/aromatic N) is 1. The normalized spacial score (nSPS) is 17.1. The van der Waals surface area contributed by atoms with E-state index in [1.54, 1.807) is 18.4 Å². The molecule has 3 nitrogen and oxygen atoms in total. The Morgan fingerprint density at radius 3 is 2.96 bits per heavy atom. The Labute approximate surface area is 158 Å². The maximum atomic E-state index is 5.93. The van der Waals surface area contributed by atoms with E-state index in [1.807, 2.05) is 6.07 Å². The van der Waals surface area contributed by atoms with Gasteiger partial charge in [-0.15, -0.1) is 11.3 Å². The first-order valence-electron chi connectivity index (χ1n) is 8.77. The summed E-state index contributed by atoms with van der Waals surface area (Å²) in [6, 6.07) is 8.36. The Balaban J connectivity index is 1.52. The van der Waals surface area contributed by atoms with E-state index < -0.39 is 0 Å². The predicted octanol–water partition coefficient (Wildman–Crippen LogP) is 5.62. The summed E-state index contributed by atoms with van der Waals surface area (Å²) in [5, 5.41) is 6.39. The zero-order valence-corrected chi connectivity index (χ0v) is 15.8. The number of benzene rings is 1. The van der Waals surface area contributed by atoms with Gasteiger partial charge in [0.25, 0.3) is 0 Å².